The molecule has 3 heteroatoms. The van der Waals surface area contributed by atoms with Crippen molar-refractivity contribution >= 4 is 0 Å². The quantitative estimate of drug-likeness (QED) is 0.138. The maximum absolute atomic E-state index is 6.70. The lowest BCUT2D eigenvalue weighted by molar-refractivity contribution is -0.0950. The number of rotatable bonds is 11. The second kappa shape index (κ2) is 13.0. The number of hydrogen-bond donors (Lipinski definition) is 0. The first-order valence-electron chi connectivity index (χ1n) is 15.5. The molecule has 0 N–H and O–H groups in total. The van der Waals surface area contributed by atoms with E-state index in [2.05, 4.69) is 105 Å². The molecule has 2 atom stereocenters. The number of benzene rings is 4. The summed E-state index contributed by atoms with van der Waals surface area (Å²) in [6.45, 7) is 5.38. The molecule has 0 saturated heterocycles. The van der Waals surface area contributed by atoms with Gasteiger partial charge in [0.15, 0.2) is 0 Å². The van der Waals surface area contributed by atoms with Crippen LogP contribution in [0.25, 0.3) is 11.1 Å². The molecule has 212 valence electrons. The van der Waals surface area contributed by atoms with Gasteiger partial charge in [-0.15, -0.1) is 0 Å². The van der Waals surface area contributed by atoms with Gasteiger partial charge in [-0.05, 0) is 88.7 Å². The van der Waals surface area contributed by atoms with Gasteiger partial charge in [0, 0.05) is 0 Å². The zero-order valence-electron chi connectivity index (χ0n) is 24.4. The Balaban J connectivity index is 1.18. The Morgan fingerprint density at radius 1 is 0.707 bits per heavy atom. The third kappa shape index (κ3) is 6.21. The van der Waals surface area contributed by atoms with Crippen molar-refractivity contribution < 1.29 is 14.2 Å². The van der Waals surface area contributed by atoms with E-state index in [1.165, 1.54) is 65.5 Å². The standard InChI is InChI=1S/C38H42O3/c1-3-27(2)30-14-11-15-32(26-30)41-38(37-35-18-9-7-16-33(35)34-17-8-10-19-36(34)37)40-25-24-39-31-22-20-29(21-23-31)28-12-5-4-6-13-28/h7-11,14-23,26-28,37-38H,3-6,12-13,24-25H2,1-2H3. The van der Waals surface area contributed by atoms with E-state index in [9.17, 15) is 0 Å². The van der Waals surface area contributed by atoms with Crippen molar-refractivity contribution in [1.82, 2.24) is 0 Å². The monoisotopic (exact) mass is 546 g/mol. The lowest BCUT2D eigenvalue weighted by Crippen LogP contribution is -2.30. The van der Waals surface area contributed by atoms with Crippen LogP contribution >= 0.6 is 0 Å². The highest BCUT2D eigenvalue weighted by molar-refractivity contribution is 5.79. The highest BCUT2D eigenvalue weighted by Crippen LogP contribution is 2.47. The number of ether oxygens (including phenoxy) is 3. The Labute approximate surface area is 245 Å². The predicted molar refractivity (Wildman–Crippen MR) is 167 cm³/mol. The van der Waals surface area contributed by atoms with Gasteiger partial charge in [0.1, 0.15) is 18.1 Å². The Hall–Kier alpha value is -3.56. The zero-order valence-corrected chi connectivity index (χ0v) is 24.4. The van der Waals surface area contributed by atoms with Gasteiger partial charge in [0.05, 0.1) is 12.5 Å². The summed E-state index contributed by atoms with van der Waals surface area (Å²) in [6.07, 6.45) is 7.30. The normalized spacial score (nSPS) is 16.5. The molecule has 0 spiro atoms. The summed E-state index contributed by atoms with van der Waals surface area (Å²) in [5, 5.41) is 0. The summed E-state index contributed by atoms with van der Waals surface area (Å²) in [5.74, 6) is 2.89. The van der Waals surface area contributed by atoms with Gasteiger partial charge in [-0.3, -0.25) is 0 Å². The Kier molecular flexibility index (Phi) is 8.72. The molecule has 0 aliphatic heterocycles. The SMILES string of the molecule is CCC(C)c1cccc(OC(OCCOc2ccc(C3CCCCC3)cc2)C2c3ccccc3-c3ccccc32)c1. The molecular formula is C38H42O3. The smallest absolute Gasteiger partial charge is 0.211 e. The zero-order chi connectivity index (χ0) is 28.0. The fourth-order valence-electron chi connectivity index (χ4n) is 6.55. The fraction of sp³-hybridized carbons (Fsp3) is 0.368. The van der Waals surface area contributed by atoms with E-state index in [1.54, 1.807) is 0 Å². The van der Waals surface area contributed by atoms with E-state index in [0.29, 0.717) is 25.0 Å². The van der Waals surface area contributed by atoms with Crippen LogP contribution in [0.15, 0.2) is 97.1 Å². The average Bonchev–Trinajstić information content (AvgIpc) is 3.37. The van der Waals surface area contributed by atoms with Gasteiger partial charge in [0.25, 0.3) is 0 Å². The summed E-state index contributed by atoms with van der Waals surface area (Å²) >= 11 is 0. The van der Waals surface area contributed by atoms with Gasteiger partial charge in [-0.1, -0.05) is 106 Å². The van der Waals surface area contributed by atoms with E-state index in [1.807, 2.05) is 6.07 Å². The summed E-state index contributed by atoms with van der Waals surface area (Å²) < 4.78 is 19.4. The first kappa shape index (κ1) is 27.6. The number of hydrogen-bond acceptors (Lipinski definition) is 3. The molecule has 1 saturated carbocycles. The topological polar surface area (TPSA) is 27.7 Å². The van der Waals surface area contributed by atoms with Crippen LogP contribution < -0.4 is 9.47 Å². The molecule has 0 bridgehead atoms. The van der Waals surface area contributed by atoms with E-state index in [0.717, 1.165) is 17.9 Å². The minimum Gasteiger partial charge on any atom is -0.491 e. The summed E-state index contributed by atoms with van der Waals surface area (Å²) in [4.78, 5) is 0. The van der Waals surface area contributed by atoms with Crippen LogP contribution in [0.2, 0.25) is 0 Å². The Bertz CT molecular complexity index is 1370. The van der Waals surface area contributed by atoms with Crippen LogP contribution in [0.1, 0.15) is 92.4 Å². The lowest BCUT2D eigenvalue weighted by atomic mass is 9.84. The molecule has 0 aromatic heterocycles. The summed E-state index contributed by atoms with van der Waals surface area (Å²) in [5.41, 5.74) is 7.74. The van der Waals surface area contributed by atoms with Crippen molar-refractivity contribution in [3.63, 3.8) is 0 Å². The Morgan fingerprint density at radius 2 is 1.39 bits per heavy atom. The molecular weight excluding hydrogens is 504 g/mol. The van der Waals surface area contributed by atoms with E-state index >= 15 is 0 Å². The highest BCUT2D eigenvalue weighted by Gasteiger charge is 2.36. The predicted octanol–water partition coefficient (Wildman–Crippen LogP) is 9.86. The third-order valence-electron chi connectivity index (χ3n) is 9.04. The molecule has 6 rings (SSSR count). The first-order valence-corrected chi connectivity index (χ1v) is 15.5. The van der Waals surface area contributed by atoms with Crippen molar-refractivity contribution in [1.29, 1.82) is 0 Å². The molecule has 0 amide bonds. The van der Waals surface area contributed by atoms with E-state index in [-0.39, 0.29) is 5.92 Å². The molecule has 4 aromatic carbocycles. The van der Waals surface area contributed by atoms with E-state index in [4.69, 9.17) is 14.2 Å². The summed E-state index contributed by atoms with van der Waals surface area (Å²) in [7, 11) is 0. The molecule has 0 radical (unpaired) electrons. The molecule has 1 fully saturated rings. The highest BCUT2D eigenvalue weighted by atomic mass is 16.7. The van der Waals surface area contributed by atoms with E-state index < -0.39 is 6.29 Å². The number of fused-ring (bicyclic) bond motifs is 3. The van der Waals surface area contributed by atoms with Crippen LogP contribution in [0.4, 0.5) is 0 Å². The minimum absolute atomic E-state index is 0.0237. The van der Waals surface area contributed by atoms with Crippen LogP contribution in [-0.2, 0) is 4.74 Å². The first-order chi connectivity index (χ1) is 20.2. The second-order valence-electron chi connectivity index (χ2n) is 11.6. The summed E-state index contributed by atoms with van der Waals surface area (Å²) in [6, 6.07) is 34.5. The molecule has 41 heavy (non-hydrogen) atoms. The van der Waals surface area contributed by atoms with Gasteiger partial charge in [-0.25, -0.2) is 0 Å². The fourth-order valence-corrected chi connectivity index (χ4v) is 6.55. The molecule has 2 unspecified atom stereocenters. The molecule has 0 heterocycles. The van der Waals surface area contributed by atoms with Gasteiger partial charge < -0.3 is 14.2 Å². The second-order valence-corrected chi connectivity index (χ2v) is 11.6. The molecule has 3 nitrogen and oxygen atoms in total. The minimum atomic E-state index is -0.482. The molecule has 2 aliphatic rings. The van der Waals surface area contributed by atoms with Crippen LogP contribution in [0.5, 0.6) is 11.5 Å². The average molecular weight is 547 g/mol. The van der Waals surface area contributed by atoms with Crippen LogP contribution in [-0.4, -0.2) is 19.5 Å². The maximum Gasteiger partial charge on any atom is 0.211 e. The van der Waals surface area contributed by atoms with Crippen molar-refractivity contribution in [2.24, 2.45) is 0 Å². The van der Waals surface area contributed by atoms with Gasteiger partial charge >= 0.3 is 0 Å². The van der Waals surface area contributed by atoms with Crippen molar-refractivity contribution in [3.05, 3.63) is 119 Å². The Morgan fingerprint density at radius 3 is 2.07 bits per heavy atom. The van der Waals surface area contributed by atoms with Crippen molar-refractivity contribution in [2.75, 3.05) is 13.2 Å². The van der Waals surface area contributed by atoms with Crippen molar-refractivity contribution in [2.45, 2.75) is 76.4 Å². The molecule has 4 aromatic rings. The largest absolute Gasteiger partial charge is 0.491 e. The van der Waals surface area contributed by atoms with Gasteiger partial charge in [-0.2, -0.15) is 0 Å². The maximum atomic E-state index is 6.70. The van der Waals surface area contributed by atoms with Crippen LogP contribution in [0, 0.1) is 0 Å². The van der Waals surface area contributed by atoms with Gasteiger partial charge in [0.2, 0.25) is 6.29 Å². The third-order valence-corrected chi connectivity index (χ3v) is 9.04. The lowest BCUT2D eigenvalue weighted by Gasteiger charge is -2.27. The molecule has 2 aliphatic carbocycles. The van der Waals surface area contributed by atoms with Crippen molar-refractivity contribution in [3.8, 4) is 22.6 Å². The van der Waals surface area contributed by atoms with Crippen LogP contribution in [0.3, 0.4) is 0 Å².